The summed E-state index contributed by atoms with van der Waals surface area (Å²) >= 11 is 0. The number of carbonyl (C=O) groups is 2. The van der Waals surface area contributed by atoms with Gasteiger partial charge in [0, 0.05) is 28.3 Å². The lowest BCUT2D eigenvalue weighted by atomic mass is 9.80. The Labute approximate surface area is 156 Å². The Morgan fingerprint density at radius 1 is 1.15 bits per heavy atom. The Balaban J connectivity index is 1.94. The van der Waals surface area contributed by atoms with Crippen LogP contribution in [0.1, 0.15) is 41.3 Å². The largest absolute Gasteiger partial charge is 0.463 e. The van der Waals surface area contributed by atoms with Crippen LogP contribution in [0.4, 0.5) is 4.39 Å². The SMILES string of the molecule is CCOC(=O)C1=C(C)NC2=C(C(=O)c3ccccc32)[C@@H]1c1cccc(F)c1. The number of Topliss-reactive ketones (excluding diaryl/α,β-unsaturated/α-hetero) is 1. The lowest BCUT2D eigenvalue weighted by molar-refractivity contribution is -0.138. The van der Waals surface area contributed by atoms with Gasteiger partial charge in [0.1, 0.15) is 5.82 Å². The first kappa shape index (κ1) is 17.2. The van der Waals surface area contributed by atoms with E-state index in [4.69, 9.17) is 4.74 Å². The predicted octanol–water partition coefficient (Wildman–Crippen LogP) is 3.96. The van der Waals surface area contributed by atoms with E-state index in [2.05, 4.69) is 5.32 Å². The monoisotopic (exact) mass is 363 g/mol. The molecule has 27 heavy (non-hydrogen) atoms. The molecular formula is C22H18FNO3. The number of halogens is 1. The highest BCUT2D eigenvalue weighted by atomic mass is 19.1. The number of allylic oxidation sites excluding steroid dienone is 2. The molecule has 4 nitrogen and oxygen atoms in total. The highest BCUT2D eigenvalue weighted by Crippen LogP contribution is 2.46. The summed E-state index contributed by atoms with van der Waals surface area (Å²) in [7, 11) is 0. The van der Waals surface area contributed by atoms with Crippen molar-refractivity contribution in [3.63, 3.8) is 0 Å². The first-order valence-electron chi connectivity index (χ1n) is 8.81. The number of dihydropyridines is 1. The van der Waals surface area contributed by atoms with Crippen LogP contribution >= 0.6 is 0 Å². The highest BCUT2D eigenvalue weighted by Gasteiger charge is 2.42. The topological polar surface area (TPSA) is 55.4 Å². The molecule has 0 saturated heterocycles. The van der Waals surface area contributed by atoms with Crippen molar-refractivity contribution in [2.75, 3.05) is 6.61 Å². The summed E-state index contributed by atoms with van der Waals surface area (Å²) in [5.74, 6) is -1.77. The first-order chi connectivity index (χ1) is 13.0. The Morgan fingerprint density at radius 2 is 1.89 bits per heavy atom. The fraction of sp³-hybridized carbons (Fsp3) is 0.182. The number of esters is 1. The molecule has 1 N–H and O–H groups in total. The van der Waals surface area contributed by atoms with Crippen molar-refractivity contribution in [2.24, 2.45) is 0 Å². The highest BCUT2D eigenvalue weighted by molar-refractivity contribution is 6.23. The summed E-state index contributed by atoms with van der Waals surface area (Å²) in [4.78, 5) is 25.9. The van der Waals surface area contributed by atoms with Crippen LogP contribution in [0.15, 0.2) is 65.4 Å². The molecule has 1 aliphatic carbocycles. The maximum atomic E-state index is 14.0. The smallest absolute Gasteiger partial charge is 0.336 e. The molecule has 2 aliphatic rings. The molecule has 4 rings (SSSR count). The fourth-order valence-corrected chi connectivity index (χ4v) is 3.83. The van der Waals surface area contributed by atoms with E-state index in [1.54, 1.807) is 38.1 Å². The van der Waals surface area contributed by atoms with Gasteiger partial charge in [0.25, 0.3) is 0 Å². The van der Waals surface area contributed by atoms with Crippen LogP contribution in [0.25, 0.3) is 5.70 Å². The number of hydrogen-bond donors (Lipinski definition) is 1. The summed E-state index contributed by atoms with van der Waals surface area (Å²) in [6.07, 6.45) is 0. The average molecular weight is 363 g/mol. The molecule has 0 amide bonds. The minimum atomic E-state index is -0.684. The Bertz CT molecular complexity index is 1040. The lowest BCUT2D eigenvalue weighted by Gasteiger charge is -2.29. The molecule has 0 fully saturated rings. The van der Waals surface area contributed by atoms with Gasteiger partial charge in [0.2, 0.25) is 0 Å². The van der Waals surface area contributed by atoms with Gasteiger partial charge in [0.15, 0.2) is 5.78 Å². The second-order valence-corrected chi connectivity index (χ2v) is 6.54. The molecule has 2 aromatic carbocycles. The van der Waals surface area contributed by atoms with Crippen LogP contribution in [0, 0.1) is 5.82 Å². The molecule has 2 aromatic rings. The third kappa shape index (κ3) is 2.67. The van der Waals surface area contributed by atoms with Crippen LogP contribution < -0.4 is 5.32 Å². The Kier molecular flexibility index (Phi) is 4.15. The van der Waals surface area contributed by atoms with E-state index in [0.29, 0.717) is 33.7 Å². The molecule has 0 saturated carbocycles. The van der Waals surface area contributed by atoms with Gasteiger partial charge in [-0.2, -0.15) is 0 Å². The van der Waals surface area contributed by atoms with Gasteiger partial charge in [-0.3, -0.25) is 4.79 Å². The number of nitrogens with one attached hydrogen (secondary N) is 1. The molecule has 1 atom stereocenters. The van der Waals surface area contributed by atoms with E-state index in [9.17, 15) is 14.0 Å². The second kappa shape index (κ2) is 6.50. The van der Waals surface area contributed by atoms with E-state index in [-0.39, 0.29) is 12.4 Å². The molecule has 0 aromatic heterocycles. The van der Waals surface area contributed by atoms with E-state index < -0.39 is 17.7 Å². The van der Waals surface area contributed by atoms with Crippen molar-refractivity contribution in [3.8, 4) is 0 Å². The Hall–Kier alpha value is -3.21. The maximum absolute atomic E-state index is 14.0. The van der Waals surface area contributed by atoms with Gasteiger partial charge in [-0.25, -0.2) is 9.18 Å². The van der Waals surface area contributed by atoms with Crippen LogP contribution in [0.2, 0.25) is 0 Å². The minimum Gasteiger partial charge on any atom is -0.463 e. The van der Waals surface area contributed by atoms with E-state index >= 15 is 0 Å². The maximum Gasteiger partial charge on any atom is 0.336 e. The number of rotatable bonds is 3. The van der Waals surface area contributed by atoms with Crippen molar-refractivity contribution < 1.29 is 18.7 Å². The predicted molar refractivity (Wildman–Crippen MR) is 99.3 cm³/mol. The van der Waals surface area contributed by atoms with Crippen LogP contribution in [-0.4, -0.2) is 18.4 Å². The van der Waals surface area contributed by atoms with E-state index in [1.165, 1.54) is 12.1 Å². The fourth-order valence-electron chi connectivity index (χ4n) is 3.83. The number of ketones is 1. The van der Waals surface area contributed by atoms with Crippen LogP contribution in [-0.2, 0) is 9.53 Å². The third-order valence-corrected chi connectivity index (χ3v) is 4.93. The van der Waals surface area contributed by atoms with E-state index in [0.717, 1.165) is 5.56 Å². The van der Waals surface area contributed by atoms with Crippen molar-refractivity contribution in [3.05, 3.63) is 87.9 Å². The number of ether oxygens (including phenoxy) is 1. The first-order valence-corrected chi connectivity index (χ1v) is 8.81. The Morgan fingerprint density at radius 3 is 2.59 bits per heavy atom. The number of fused-ring (bicyclic) bond motifs is 2. The molecule has 1 aliphatic heterocycles. The molecule has 0 spiro atoms. The molecule has 5 heteroatoms. The zero-order valence-corrected chi connectivity index (χ0v) is 15.0. The van der Waals surface area contributed by atoms with Crippen molar-refractivity contribution in [1.29, 1.82) is 0 Å². The summed E-state index contributed by atoms with van der Waals surface area (Å²) in [5.41, 5.74) is 3.99. The molecule has 1 heterocycles. The number of hydrogen-bond acceptors (Lipinski definition) is 4. The van der Waals surface area contributed by atoms with Crippen molar-refractivity contribution >= 4 is 17.4 Å². The van der Waals surface area contributed by atoms with Gasteiger partial charge < -0.3 is 10.1 Å². The second-order valence-electron chi connectivity index (χ2n) is 6.54. The summed E-state index contributed by atoms with van der Waals surface area (Å²) in [6, 6.07) is 13.3. The molecule has 0 unspecified atom stereocenters. The summed E-state index contributed by atoms with van der Waals surface area (Å²) in [5, 5.41) is 3.21. The summed E-state index contributed by atoms with van der Waals surface area (Å²) in [6.45, 7) is 3.71. The average Bonchev–Trinajstić information content (AvgIpc) is 2.93. The normalized spacial score (nSPS) is 18.2. The third-order valence-electron chi connectivity index (χ3n) is 4.93. The molecule has 136 valence electrons. The van der Waals surface area contributed by atoms with Gasteiger partial charge in [-0.15, -0.1) is 0 Å². The van der Waals surface area contributed by atoms with Gasteiger partial charge in [-0.05, 0) is 31.5 Å². The van der Waals surface area contributed by atoms with Gasteiger partial charge in [-0.1, -0.05) is 36.4 Å². The number of benzene rings is 2. The van der Waals surface area contributed by atoms with Crippen LogP contribution in [0.3, 0.4) is 0 Å². The zero-order chi connectivity index (χ0) is 19.1. The quantitative estimate of drug-likeness (QED) is 0.839. The molecular weight excluding hydrogens is 345 g/mol. The number of carbonyl (C=O) groups excluding carboxylic acids is 2. The van der Waals surface area contributed by atoms with Gasteiger partial charge >= 0.3 is 5.97 Å². The zero-order valence-electron chi connectivity index (χ0n) is 15.0. The summed E-state index contributed by atoms with van der Waals surface area (Å²) < 4.78 is 19.2. The standard InChI is InChI=1S/C22H18FNO3/c1-3-27-22(26)17-12(2)24-20-15-9-4-5-10-16(15)21(25)19(20)18(17)13-7-6-8-14(23)11-13/h4-11,18,24H,3H2,1-2H3/t18-/m1/s1. The van der Waals surface area contributed by atoms with Crippen molar-refractivity contribution in [2.45, 2.75) is 19.8 Å². The lowest BCUT2D eigenvalue weighted by Crippen LogP contribution is -2.29. The molecule has 0 bridgehead atoms. The van der Waals surface area contributed by atoms with Gasteiger partial charge in [0.05, 0.1) is 17.9 Å². The van der Waals surface area contributed by atoms with Crippen LogP contribution in [0.5, 0.6) is 0 Å². The van der Waals surface area contributed by atoms with E-state index in [1.807, 2.05) is 12.1 Å². The van der Waals surface area contributed by atoms with Crippen molar-refractivity contribution in [1.82, 2.24) is 5.32 Å². The minimum absolute atomic E-state index is 0.156. The molecule has 0 radical (unpaired) electrons.